The first-order valence-electron chi connectivity index (χ1n) is 10.9. The lowest BCUT2D eigenvalue weighted by Gasteiger charge is -2.31. The van der Waals surface area contributed by atoms with Crippen molar-refractivity contribution in [3.05, 3.63) is 107 Å². The van der Waals surface area contributed by atoms with Crippen molar-refractivity contribution in [2.75, 3.05) is 12.8 Å². The Morgan fingerprint density at radius 2 is 1.64 bits per heavy atom. The second-order valence-electron chi connectivity index (χ2n) is 7.95. The van der Waals surface area contributed by atoms with Gasteiger partial charge in [-0.1, -0.05) is 72.3 Å². The van der Waals surface area contributed by atoms with Gasteiger partial charge < -0.3 is 10.2 Å². The maximum absolute atomic E-state index is 13.4. The van der Waals surface area contributed by atoms with Crippen LogP contribution >= 0.6 is 11.8 Å². The van der Waals surface area contributed by atoms with Crippen LogP contribution in [0.3, 0.4) is 0 Å². The summed E-state index contributed by atoms with van der Waals surface area (Å²) in [4.78, 5) is 27.9. The van der Waals surface area contributed by atoms with Crippen LogP contribution in [-0.4, -0.2) is 35.6 Å². The second-order valence-corrected chi connectivity index (χ2v) is 8.94. The minimum absolute atomic E-state index is 0.124. The number of benzene rings is 3. The largest absolute Gasteiger partial charge is 0.357 e. The molecule has 33 heavy (non-hydrogen) atoms. The van der Waals surface area contributed by atoms with Crippen LogP contribution in [0.15, 0.2) is 78.9 Å². The first kappa shape index (κ1) is 24.5. The first-order chi connectivity index (χ1) is 16.0. The summed E-state index contributed by atoms with van der Waals surface area (Å²) in [6.07, 6.45) is 0.399. The molecule has 3 rings (SSSR count). The molecule has 0 heterocycles. The first-order valence-corrected chi connectivity index (χ1v) is 12.0. The van der Waals surface area contributed by atoms with Crippen molar-refractivity contribution in [3.63, 3.8) is 0 Å². The fourth-order valence-corrected chi connectivity index (χ4v) is 4.51. The molecule has 0 saturated heterocycles. The number of carbonyl (C=O) groups excluding carboxylic acids is 2. The van der Waals surface area contributed by atoms with E-state index in [0.29, 0.717) is 12.2 Å². The van der Waals surface area contributed by atoms with Crippen LogP contribution < -0.4 is 5.32 Å². The Morgan fingerprint density at radius 3 is 2.30 bits per heavy atom. The molecular weight excluding hydrogens is 435 g/mol. The molecule has 2 amide bonds. The van der Waals surface area contributed by atoms with Gasteiger partial charge in [0.05, 0.1) is 5.75 Å². The molecule has 0 aliphatic heterocycles. The molecule has 0 unspecified atom stereocenters. The quantitative estimate of drug-likeness (QED) is 0.471. The van der Waals surface area contributed by atoms with Gasteiger partial charge in [0.25, 0.3) is 0 Å². The Morgan fingerprint density at radius 1 is 0.939 bits per heavy atom. The van der Waals surface area contributed by atoms with Gasteiger partial charge in [-0.2, -0.15) is 0 Å². The SMILES string of the molecule is CNC(=O)[C@H](Cc1ccccc1)N(Cc1ccc(F)cc1)C(=O)CSCc1cccc(C)c1. The summed E-state index contributed by atoms with van der Waals surface area (Å²) in [7, 11) is 1.58. The number of carbonyl (C=O) groups is 2. The highest BCUT2D eigenvalue weighted by Crippen LogP contribution is 2.19. The summed E-state index contributed by atoms with van der Waals surface area (Å²) in [5.74, 6) is 0.274. The predicted octanol–water partition coefficient (Wildman–Crippen LogP) is 4.75. The van der Waals surface area contributed by atoms with Gasteiger partial charge in [0, 0.05) is 25.8 Å². The number of thioether (sulfide) groups is 1. The fourth-order valence-electron chi connectivity index (χ4n) is 3.65. The van der Waals surface area contributed by atoms with Gasteiger partial charge >= 0.3 is 0 Å². The van der Waals surface area contributed by atoms with Crippen LogP contribution in [0, 0.1) is 12.7 Å². The van der Waals surface area contributed by atoms with E-state index < -0.39 is 6.04 Å². The van der Waals surface area contributed by atoms with E-state index in [1.807, 2.05) is 55.5 Å². The van der Waals surface area contributed by atoms with Crippen molar-refractivity contribution < 1.29 is 14.0 Å². The number of halogens is 1. The van der Waals surface area contributed by atoms with Crippen LogP contribution in [0.4, 0.5) is 4.39 Å². The highest BCUT2D eigenvalue weighted by atomic mass is 32.2. The molecule has 0 radical (unpaired) electrons. The Hall–Kier alpha value is -3.12. The molecule has 0 saturated carbocycles. The highest BCUT2D eigenvalue weighted by Gasteiger charge is 2.29. The van der Waals surface area contributed by atoms with Crippen molar-refractivity contribution in [2.45, 2.75) is 31.7 Å². The van der Waals surface area contributed by atoms with E-state index in [0.717, 1.165) is 16.7 Å². The molecule has 172 valence electrons. The van der Waals surface area contributed by atoms with Gasteiger partial charge in [0.15, 0.2) is 0 Å². The number of aryl methyl sites for hydroxylation is 1. The van der Waals surface area contributed by atoms with E-state index in [4.69, 9.17) is 0 Å². The van der Waals surface area contributed by atoms with Crippen LogP contribution in [0.25, 0.3) is 0 Å². The lowest BCUT2D eigenvalue weighted by atomic mass is 10.0. The molecule has 3 aromatic carbocycles. The van der Waals surface area contributed by atoms with Gasteiger partial charge in [0.1, 0.15) is 11.9 Å². The number of likely N-dealkylation sites (N-methyl/N-ethyl adjacent to an activating group) is 1. The Labute approximate surface area is 199 Å². The maximum Gasteiger partial charge on any atom is 0.242 e. The normalized spacial score (nSPS) is 11.6. The Balaban J connectivity index is 1.80. The zero-order chi connectivity index (χ0) is 23.6. The molecule has 0 aliphatic carbocycles. The zero-order valence-electron chi connectivity index (χ0n) is 19.0. The predicted molar refractivity (Wildman–Crippen MR) is 132 cm³/mol. The number of amides is 2. The molecule has 1 N–H and O–H groups in total. The summed E-state index contributed by atoms with van der Waals surface area (Å²) in [5.41, 5.74) is 4.08. The number of rotatable bonds is 10. The summed E-state index contributed by atoms with van der Waals surface area (Å²) in [5, 5.41) is 2.70. The summed E-state index contributed by atoms with van der Waals surface area (Å²) in [6, 6.07) is 23.2. The molecule has 3 aromatic rings. The van der Waals surface area contributed by atoms with Crippen molar-refractivity contribution >= 4 is 23.6 Å². The van der Waals surface area contributed by atoms with E-state index in [9.17, 15) is 14.0 Å². The third kappa shape index (κ3) is 7.46. The standard InChI is InChI=1S/C27H29FN2O2S/c1-20-7-6-10-23(15-20)18-33-19-26(31)30(17-22-11-13-24(28)14-12-22)25(27(32)29-2)16-21-8-4-3-5-9-21/h3-15,25H,16-19H2,1-2H3,(H,29,32)/t25-/m0/s1. The van der Waals surface area contributed by atoms with Crippen LogP contribution in [0.2, 0.25) is 0 Å². The van der Waals surface area contributed by atoms with Crippen LogP contribution in [-0.2, 0) is 28.3 Å². The van der Waals surface area contributed by atoms with Gasteiger partial charge in [-0.15, -0.1) is 11.8 Å². The number of hydrogen-bond acceptors (Lipinski definition) is 3. The third-order valence-electron chi connectivity index (χ3n) is 5.36. The van der Waals surface area contributed by atoms with Gasteiger partial charge in [0.2, 0.25) is 11.8 Å². The number of nitrogens with one attached hydrogen (secondary N) is 1. The monoisotopic (exact) mass is 464 g/mol. The molecule has 0 fully saturated rings. The maximum atomic E-state index is 13.4. The van der Waals surface area contributed by atoms with Gasteiger partial charge in [-0.25, -0.2) is 4.39 Å². The Bertz CT molecular complexity index is 1060. The Kier molecular flexibility index (Phi) is 9.07. The zero-order valence-corrected chi connectivity index (χ0v) is 19.8. The molecule has 0 aliphatic rings. The van der Waals surface area contributed by atoms with Crippen molar-refractivity contribution in [2.24, 2.45) is 0 Å². The second kappa shape index (κ2) is 12.2. The number of hydrogen-bond donors (Lipinski definition) is 1. The molecule has 0 aromatic heterocycles. The van der Waals surface area contributed by atoms with E-state index in [1.165, 1.54) is 29.5 Å². The smallest absolute Gasteiger partial charge is 0.242 e. The third-order valence-corrected chi connectivity index (χ3v) is 6.35. The minimum Gasteiger partial charge on any atom is -0.357 e. The summed E-state index contributed by atoms with van der Waals surface area (Å²) >= 11 is 1.52. The van der Waals surface area contributed by atoms with Gasteiger partial charge in [-0.05, 0) is 35.7 Å². The minimum atomic E-state index is -0.672. The molecule has 0 spiro atoms. The average Bonchev–Trinajstić information content (AvgIpc) is 2.82. The van der Waals surface area contributed by atoms with Crippen LogP contribution in [0.1, 0.15) is 22.3 Å². The van der Waals surface area contributed by atoms with Crippen molar-refractivity contribution in [3.8, 4) is 0 Å². The number of nitrogens with zero attached hydrogens (tertiary/aromatic N) is 1. The fraction of sp³-hybridized carbons (Fsp3) is 0.259. The molecular formula is C27H29FN2O2S. The average molecular weight is 465 g/mol. The van der Waals surface area contributed by atoms with E-state index in [2.05, 4.69) is 11.4 Å². The topological polar surface area (TPSA) is 49.4 Å². The molecule has 1 atom stereocenters. The van der Waals surface area contributed by atoms with E-state index in [1.54, 1.807) is 24.1 Å². The summed E-state index contributed by atoms with van der Waals surface area (Å²) < 4.78 is 13.4. The lowest BCUT2D eigenvalue weighted by Crippen LogP contribution is -2.50. The van der Waals surface area contributed by atoms with Crippen molar-refractivity contribution in [1.82, 2.24) is 10.2 Å². The van der Waals surface area contributed by atoms with E-state index in [-0.39, 0.29) is 29.9 Å². The van der Waals surface area contributed by atoms with Gasteiger partial charge in [-0.3, -0.25) is 9.59 Å². The molecule has 0 bridgehead atoms. The van der Waals surface area contributed by atoms with Crippen molar-refractivity contribution in [1.29, 1.82) is 0 Å². The van der Waals surface area contributed by atoms with Crippen LogP contribution in [0.5, 0.6) is 0 Å². The van der Waals surface area contributed by atoms with E-state index >= 15 is 0 Å². The summed E-state index contributed by atoms with van der Waals surface area (Å²) in [6.45, 7) is 2.27. The molecule has 6 heteroatoms. The lowest BCUT2D eigenvalue weighted by molar-refractivity contribution is -0.139. The molecule has 4 nitrogen and oxygen atoms in total. The highest BCUT2D eigenvalue weighted by molar-refractivity contribution is 7.99.